The molecule has 2 bridgehead atoms. The molecule has 2 N–H and O–H groups in total. The molecule has 1 aromatic heterocycles. The maximum Gasteiger partial charge on any atom is 0.414 e. The van der Waals surface area contributed by atoms with Crippen LogP contribution in [0.5, 0.6) is 0 Å². The van der Waals surface area contributed by atoms with E-state index in [4.69, 9.17) is 19.8 Å². The van der Waals surface area contributed by atoms with E-state index in [0.29, 0.717) is 6.04 Å². The number of nitrogens with zero attached hydrogens (tertiary/aromatic N) is 5. The van der Waals surface area contributed by atoms with Gasteiger partial charge in [0.2, 0.25) is 3.83 Å². The number of aliphatic carboxylic acids is 2. The maximum absolute atomic E-state index is 9.10. The number of hydrogen-bond donors (Lipinski definition) is 2. The topological polar surface area (TPSA) is 121 Å². The van der Waals surface area contributed by atoms with E-state index in [1.165, 1.54) is 19.5 Å². The number of aromatic nitrogens is 4. The summed E-state index contributed by atoms with van der Waals surface area (Å²) in [5, 5.41) is 27.0. The van der Waals surface area contributed by atoms with Crippen molar-refractivity contribution in [1.82, 2.24) is 25.1 Å². The average Bonchev–Trinajstić information content (AvgIpc) is 3.04. The van der Waals surface area contributed by atoms with Gasteiger partial charge in [-0.15, -0.1) is 10.2 Å². The van der Waals surface area contributed by atoms with Gasteiger partial charge in [0.1, 0.15) is 0 Å². The second-order valence-electron chi connectivity index (χ2n) is 4.36. The summed E-state index contributed by atoms with van der Waals surface area (Å²) in [4.78, 5) is 22.5. The van der Waals surface area contributed by atoms with Crippen LogP contribution in [0.4, 0.5) is 0 Å². The van der Waals surface area contributed by atoms with E-state index in [9.17, 15) is 0 Å². The van der Waals surface area contributed by atoms with Crippen molar-refractivity contribution in [2.24, 2.45) is 5.92 Å². The number of rotatable bonds is 1. The summed E-state index contributed by atoms with van der Waals surface area (Å²) in [6.07, 6.45) is 1.29. The van der Waals surface area contributed by atoms with Gasteiger partial charge in [0, 0.05) is 35.7 Å². The molecule has 19 heavy (non-hydrogen) atoms. The number of piperidine rings is 1. The monoisotopic (exact) mass is 381 g/mol. The fraction of sp³-hybridized carbons (Fsp3) is 0.667. The van der Waals surface area contributed by atoms with E-state index < -0.39 is 11.9 Å². The van der Waals surface area contributed by atoms with Crippen molar-refractivity contribution in [1.29, 1.82) is 0 Å². The summed E-state index contributed by atoms with van der Waals surface area (Å²) in [6, 6.07) is 0.477. The Balaban J connectivity index is 0.000000192. The first kappa shape index (κ1) is 14.1. The highest BCUT2D eigenvalue weighted by Crippen LogP contribution is 2.35. The van der Waals surface area contributed by atoms with Crippen molar-refractivity contribution in [3.8, 4) is 0 Å². The van der Waals surface area contributed by atoms with E-state index in [1.54, 1.807) is 4.80 Å². The molecule has 104 valence electrons. The van der Waals surface area contributed by atoms with Crippen molar-refractivity contribution >= 4 is 34.5 Å². The standard InChI is InChI=1S/C7H10IN5.C2H2O4/c8-7-9-11-13(10-7)6-4-12-2-1-5(6)3-12;3-1(4)2(5)6/h5-6H,1-4H2;(H,3,4)(H,5,6). The second kappa shape index (κ2) is 5.77. The smallest absolute Gasteiger partial charge is 0.414 e. The minimum Gasteiger partial charge on any atom is -0.473 e. The first-order chi connectivity index (χ1) is 8.97. The normalized spacial score (nSPS) is 27.7. The van der Waals surface area contributed by atoms with Crippen LogP contribution in [0.2, 0.25) is 0 Å². The molecule has 0 amide bonds. The van der Waals surface area contributed by atoms with Crippen LogP contribution in [-0.4, -0.2) is 66.9 Å². The molecule has 3 unspecified atom stereocenters. The predicted molar refractivity (Wildman–Crippen MR) is 69.4 cm³/mol. The van der Waals surface area contributed by atoms with E-state index in [2.05, 4.69) is 42.9 Å². The Hall–Kier alpha value is -1.30. The molecule has 2 fully saturated rings. The van der Waals surface area contributed by atoms with Crippen LogP contribution in [0, 0.1) is 9.75 Å². The zero-order valence-electron chi connectivity index (χ0n) is 9.81. The van der Waals surface area contributed by atoms with Gasteiger partial charge in [-0.1, -0.05) is 0 Å². The molecule has 3 rings (SSSR count). The fourth-order valence-corrected chi connectivity index (χ4v) is 2.68. The third kappa shape index (κ3) is 3.37. The van der Waals surface area contributed by atoms with Gasteiger partial charge in [-0.25, -0.2) is 9.59 Å². The van der Waals surface area contributed by atoms with Crippen molar-refractivity contribution in [2.75, 3.05) is 19.6 Å². The molecule has 0 aromatic carbocycles. The lowest BCUT2D eigenvalue weighted by Crippen LogP contribution is -2.27. The van der Waals surface area contributed by atoms with Crippen molar-refractivity contribution in [3.63, 3.8) is 0 Å². The van der Waals surface area contributed by atoms with Crippen LogP contribution >= 0.6 is 22.6 Å². The quantitative estimate of drug-likeness (QED) is 0.485. The van der Waals surface area contributed by atoms with E-state index in [0.717, 1.165) is 16.3 Å². The van der Waals surface area contributed by atoms with Gasteiger partial charge in [-0.3, -0.25) is 0 Å². The molecule has 1 aromatic rings. The molecule has 3 atom stereocenters. The summed E-state index contributed by atoms with van der Waals surface area (Å²) in [5.41, 5.74) is 0. The lowest BCUT2D eigenvalue weighted by atomic mass is 10.0. The molecular weight excluding hydrogens is 369 g/mol. The molecule has 0 spiro atoms. The number of fused-ring (bicyclic) bond motifs is 2. The van der Waals surface area contributed by atoms with Crippen LogP contribution < -0.4 is 0 Å². The number of carbonyl (C=O) groups is 2. The molecule has 0 aliphatic carbocycles. The third-order valence-electron chi connectivity index (χ3n) is 3.18. The molecule has 2 aliphatic rings. The second-order valence-corrected chi connectivity index (χ2v) is 5.33. The predicted octanol–water partition coefficient (Wildman–Crippen LogP) is -0.690. The van der Waals surface area contributed by atoms with Crippen LogP contribution in [0.1, 0.15) is 12.5 Å². The Morgan fingerprint density at radius 1 is 1.26 bits per heavy atom. The molecule has 0 saturated carbocycles. The third-order valence-corrected chi connectivity index (χ3v) is 3.61. The number of hydrogen-bond acceptors (Lipinski definition) is 6. The zero-order chi connectivity index (χ0) is 14.0. The highest BCUT2D eigenvalue weighted by Gasteiger charge is 2.40. The molecule has 2 aliphatic heterocycles. The minimum absolute atomic E-state index is 0.477. The van der Waals surface area contributed by atoms with Crippen LogP contribution in [0.15, 0.2) is 0 Å². The summed E-state index contributed by atoms with van der Waals surface area (Å²) in [7, 11) is 0. The number of halogens is 1. The SMILES string of the molecule is Ic1nnn(C2CN3CCC2C3)n1.O=C(O)C(=O)O. The lowest BCUT2D eigenvalue weighted by molar-refractivity contribution is -0.159. The highest BCUT2D eigenvalue weighted by atomic mass is 127. The summed E-state index contributed by atoms with van der Waals surface area (Å²) < 4.78 is 0.746. The van der Waals surface area contributed by atoms with E-state index in [1.807, 2.05) is 0 Å². The summed E-state index contributed by atoms with van der Waals surface area (Å²) >= 11 is 2.10. The Bertz CT molecular complexity index is 481. The van der Waals surface area contributed by atoms with Gasteiger partial charge in [0.05, 0.1) is 6.04 Å². The number of tetrazole rings is 1. The maximum atomic E-state index is 9.10. The zero-order valence-corrected chi connectivity index (χ0v) is 12.0. The molecule has 9 nitrogen and oxygen atoms in total. The fourth-order valence-electron chi connectivity index (χ4n) is 2.37. The van der Waals surface area contributed by atoms with Crippen molar-refractivity contribution < 1.29 is 19.8 Å². The van der Waals surface area contributed by atoms with Gasteiger partial charge < -0.3 is 15.1 Å². The summed E-state index contributed by atoms with van der Waals surface area (Å²) in [5.74, 6) is -2.89. The van der Waals surface area contributed by atoms with Crippen molar-refractivity contribution in [3.05, 3.63) is 3.83 Å². The van der Waals surface area contributed by atoms with Gasteiger partial charge in [0.25, 0.3) is 0 Å². The molecule has 2 saturated heterocycles. The lowest BCUT2D eigenvalue weighted by Gasteiger charge is -2.20. The largest absolute Gasteiger partial charge is 0.473 e. The van der Waals surface area contributed by atoms with Gasteiger partial charge in [-0.05, 0) is 24.1 Å². The first-order valence-electron chi connectivity index (χ1n) is 5.61. The van der Waals surface area contributed by atoms with E-state index >= 15 is 0 Å². The Morgan fingerprint density at radius 3 is 2.32 bits per heavy atom. The Morgan fingerprint density at radius 2 is 1.95 bits per heavy atom. The first-order valence-corrected chi connectivity index (χ1v) is 6.69. The number of carboxylic acid groups (broad SMARTS) is 2. The Labute approximate surface area is 121 Å². The van der Waals surface area contributed by atoms with Gasteiger partial charge >= 0.3 is 11.9 Å². The van der Waals surface area contributed by atoms with Crippen molar-refractivity contribution in [2.45, 2.75) is 12.5 Å². The van der Waals surface area contributed by atoms with Crippen LogP contribution in [-0.2, 0) is 9.59 Å². The molecule has 10 heteroatoms. The minimum atomic E-state index is -1.82. The van der Waals surface area contributed by atoms with Crippen LogP contribution in [0.25, 0.3) is 0 Å². The molecular formula is C9H12IN5O4. The highest BCUT2D eigenvalue weighted by molar-refractivity contribution is 14.1. The van der Waals surface area contributed by atoms with E-state index in [-0.39, 0.29) is 0 Å². The summed E-state index contributed by atoms with van der Waals surface area (Å²) in [6.45, 7) is 3.59. The van der Waals surface area contributed by atoms with Gasteiger partial charge in [0.15, 0.2) is 0 Å². The van der Waals surface area contributed by atoms with Gasteiger partial charge in [-0.2, -0.15) is 4.80 Å². The molecule has 3 heterocycles. The molecule has 0 radical (unpaired) electrons. The average molecular weight is 381 g/mol. The van der Waals surface area contributed by atoms with Crippen LogP contribution in [0.3, 0.4) is 0 Å². The number of carboxylic acids is 2. The Kier molecular flexibility index (Phi) is 4.29.